The first-order chi connectivity index (χ1) is 14.8. The summed E-state index contributed by atoms with van der Waals surface area (Å²) >= 11 is 0. The number of nitrogens with zero attached hydrogens (tertiary/aromatic N) is 2. The lowest BCUT2D eigenvalue weighted by atomic mass is 9.92. The van der Waals surface area contributed by atoms with Gasteiger partial charge in [-0.2, -0.15) is 0 Å². The van der Waals surface area contributed by atoms with Gasteiger partial charge in [-0.1, -0.05) is 78.9 Å². The van der Waals surface area contributed by atoms with Crippen LogP contribution in [0.1, 0.15) is 42.0 Å². The SMILES string of the molecule is O=C1CCc2ccccc2N1C1CCN(C(c2ccccc2)c2ccccc2)CC1. The Kier molecular flexibility index (Phi) is 5.37. The number of anilines is 1. The van der Waals surface area contributed by atoms with Gasteiger partial charge in [-0.15, -0.1) is 0 Å². The third-order valence-electron chi connectivity index (χ3n) is 6.59. The molecule has 0 aliphatic carbocycles. The highest BCUT2D eigenvalue weighted by Gasteiger charge is 2.34. The van der Waals surface area contributed by atoms with E-state index in [-0.39, 0.29) is 11.9 Å². The average molecular weight is 397 g/mol. The lowest BCUT2D eigenvalue weighted by Gasteiger charge is -2.43. The van der Waals surface area contributed by atoms with Crippen molar-refractivity contribution in [2.24, 2.45) is 0 Å². The molecule has 0 bridgehead atoms. The number of hydrogen-bond donors (Lipinski definition) is 0. The van der Waals surface area contributed by atoms with E-state index < -0.39 is 0 Å². The number of likely N-dealkylation sites (tertiary alicyclic amines) is 1. The van der Waals surface area contributed by atoms with Crippen molar-refractivity contribution in [1.29, 1.82) is 0 Å². The van der Waals surface area contributed by atoms with Gasteiger partial charge in [0.1, 0.15) is 0 Å². The van der Waals surface area contributed by atoms with Crippen molar-refractivity contribution in [3.63, 3.8) is 0 Å². The Morgan fingerprint density at radius 1 is 0.700 bits per heavy atom. The van der Waals surface area contributed by atoms with Crippen LogP contribution in [0, 0.1) is 0 Å². The minimum Gasteiger partial charge on any atom is -0.309 e. The van der Waals surface area contributed by atoms with Gasteiger partial charge in [0.25, 0.3) is 0 Å². The first kappa shape index (κ1) is 19.1. The molecule has 30 heavy (non-hydrogen) atoms. The molecule has 2 aliphatic heterocycles. The molecule has 1 amide bonds. The van der Waals surface area contributed by atoms with Crippen LogP contribution in [0.2, 0.25) is 0 Å². The summed E-state index contributed by atoms with van der Waals surface area (Å²) in [6.45, 7) is 1.98. The molecule has 0 N–H and O–H groups in total. The first-order valence-corrected chi connectivity index (χ1v) is 11.0. The smallest absolute Gasteiger partial charge is 0.227 e. The number of rotatable bonds is 4. The van der Waals surface area contributed by atoms with Gasteiger partial charge >= 0.3 is 0 Å². The van der Waals surface area contributed by atoms with Gasteiger partial charge in [0.05, 0.1) is 6.04 Å². The van der Waals surface area contributed by atoms with Crippen LogP contribution in [-0.2, 0) is 11.2 Å². The molecule has 5 rings (SSSR count). The van der Waals surface area contributed by atoms with Crippen molar-refractivity contribution in [2.45, 2.75) is 37.8 Å². The molecule has 3 nitrogen and oxygen atoms in total. The standard InChI is InChI=1S/C27H28N2O/c30-26-16-15-21-9-7-8-14-25(21)29(26)24-17-19-28(20-18-24)27(22-10-3-1-4-11-22)23-12-5-2-6-13-23/h1-14,24,27H,15-20H2. The van der Waals surface area contributed by atoms with E-state index in [2.05, 4.69) is 94.7 Å². The second-order valence-electron chi connectivity index (χ2n) is 8.38. The predicted molar refractivity (Wildman–Crippen MR) is 122 cm³/mol. The Morgan fingerprint density at radius 2 is 1.27 bits per heavy atom. The van der Waals surface area contributed by atoms with Gasteiger partial charge < -0.3 is 4.90 Å². The van der Waals surface area contributed by atoms with Crippen molar-refractivity contribution >= 4 is 11.6 Å². The monoisotopic (exact) mass is 396 g/mol. The molecule has 1 saturated heterocycles. The minimum absolute atomic E-state index is 0.262. The van der Waals surface area contributed by atoms with Crippen molar-refractivity contribution in [3.8, 4) is 0 Å². The first-order valence-electron chi connectivity index (χ1n) is 11.0. The molecule has 0 spiro atoms. The molecule has 1 fully saturated rings. The van der Waals surface area contributed by atoms with Crippen molar-refractivity contribution in [3.05, 3.63) is 102 Å². The van der Waals surface area contributed by atoms with Gasteiger partial charge in [0.2, 0.25) is 5.91 Å². The van der Waals surface area contributed by atoms with Crippen LogP contribution in [0.5, 0.6) is 0 Å². The highest BCUT2D eigenvalue weighted by Crippen LogP contribution is 2.35. The number of para-hydroxylation sites is 1. The molecule has 0 atom stereocenters. The molecule has 3 aromatic rings. The zero-order valence-electron chi connectivity index (χ0n) is 17.3. The van der Waals surface area contributed by atoms with Crippen LogP contribution in [0.25, 0.3) is 0 Å². The molecule has 0 aromatic heterocycles. The van der Waals surface area contributed by atoms with Gasteiger partial charge in [-0.05, 0) is 42.0 Å². The lowest BCUT2D eigenvalue weighted by molar-refractivity contribution is -0.119. The number of aryl methyl sites for hydroxylation is 1. The van der Waals surface area contributed by atoms with Crippen molar-refractivity contribution < 1.29 is 4.79 Å². The molecule has 3 aromatic carbocycles. The zero-order valence-corrected chi connectivity index (χ0v) is 17.3. The molecule has 0 unspecified atom stereocenters. The highest BCUT2D eigenvalue weighted by molar-refractivity contribution is 5.97. The fourth-order valence-electron chi connectivity index (χ4n) is 5.14. The number of carbonyl (C=O) groups is 1. The number of amides is 1. The second-order valence-corrected chi connectivity index (χ2v) is 8.38. The molecular formula is C27H28N2O. The van der Waals surface area contributed by atoms with E-state index in [9.17, 15) is 4.79 Å². The van der Waals surface area contributed by atoms with Gasteiger partial charge in [0.15, 0.2) is 0 Å². The summed E-state index contributed by atoms with van der Waals surface area (Å²) in [6.07, 6.45) is 3.52. The molecule has 2 aliphatic rings. The van der Waals surface area contributed by atoms with E-state index in [0.29, 0.717) is 12.5 Å². The third-order valence-corrected chi connectivity index (χ3v) is 6.59. The van der Waals surface area contributed by atoms with Crippen LogP contribution in [0.3, 0.4) is 0 Å². The molecule has 3 heteroatoms. The fourth-order valence-corrected chi connectivity index (χ4v) is 5.14. The minimum atomic E-state index is 0.262. The third kappa shape index (κ3) is 3.66. The maximum atomic E-state index is 12.8. The number of carbonyl (C=O) groups excluding carboxylic acids is 1. The number of piperidine rings is 1. The van der Waals surface area contributed by atoms with E-state index in [1.807, 2.05) is 0 Å². The zero-order chi connectivity index (χ0) is 20.3. The molecule has 152 valence electrons. The summed E-state index contributed by atoms with van der Waals surface area (Å²) in [5.74, 6) is 0.287. The van der Waals surface area contributed by atoms with Gasteiger partial charge in [-0.25, -0.2) is 0 Å². The summed E-state index contributed by atoms with van der Waals surface area (Å²) < 4.78 is 0. The van der Waals surface area contributed by atoms with Crippen molar-refractivity contribution in [2.75, 3.05) is 18.0 Å². The molecule has 0 saturated carbocycles. The molecule has 2 heterocycles. The topological polar surface area (TPSA) is 23.6 Å². The summed E-state index contributed by atoms with van der Waals surface area (Å²) in [5.41, 5.74) is 5.11. The Labute approximate surface area is 178 Å². The number of hydrogen-bond acceptors (Lipinski definition) is 2. The predicted octanol–water partition coefficient (Wildman–Crippen LogP) is 5.22. The summed E-state index contributed by atoms with van der Waals surface area (Å²) in [5, 5.41) is 0. The quantitative estimate of drug-likeness (QED) is 0.604. The van der Waals surface area contributed by atoms with Crippen LogP contribution in [0.15, 0.2) is 84.9 Å². The summed E-state index contributed by atoms with van der Waals surface area (Å²) in [6, 6.07) is 30.6. The summed E-state index contributed by atoms with van der Waals surface area (Å²) in [7, 11) is 0. The van der Waals surface area contributed by atoms with Crippen LogP contribution in [-0.4, -0.2) is 29.9 Å². The Hall–Kier alpha value is -2.91. The molecular weight excluding hydrogens is 368 g/mol. The summed E-state index contributed by atoms with van der Waals surface area (Å²) in [4.78, 5) is 17.5. The highest BCUT2D eigenvalue weighted by atomic mass is 16.2. The Balaban J connectivity index is 1.38. The maximum absolute atomic E-state index is 12.8. The lowest BCUT2D eigenvalue weighted by Crippen LogP contribution is -2.50. The normalized spacial score (nSPS) is 17.9. The van der Waals surface area contributed by atoms with Crippen molar-refractivity contribution in [1.82, 2.24) is 4.90 Å². The number of benzene rings is 3. The van der Waals surface area contributed by atoms with Crippen LogP contribution >= 0.6 is 0 Å². The van der Waals surface area contributed by atoms with E-state index in [0.717, 1.165) is 38.0 Å². The number of fused-ring (bicyclic) bond motifs is 1. The maximum Gasteiger partial charge on any atom is 0.227 e. The van der Waals surface area contributed by atoms with E-state index in [1.54, 1.807) is 0 Å². The fraction of sp³-hybridized carbons (Fsp3) is 0.296. The largest absolute Gasteiger partial charge is 0.309 e. The van der Waals surface area contributed by atoms with Gasteiger partial charge in [-0.3, -0.25) is 9.69 Å². The van der Waals surface area contributed by atoms with E-state index in [1.165, 1.54) is 16.7 Å². The van der Waals surface area contributed by atoms with Crippen LogP contribution in [0.4, 0.5) is 5.69 Å². The average Bonchev–Trinajstić information content (AvgIpc) is 2.81. The van der Waals surface area contributed by atoms with E-state index >= 15 is 0 Å². The van der Waals surface area contributed by atoms with Gasteiger partial charge in [0, 0.05) is 31.2 Å². The Morgan fingerprint density at radius 3 is 1.90 bits per heavy atom. The molecule has 0 radical (unpaired) electrons. The Bertz CT molecular complexity index is 954. The van der Waals surface area contributed by atoms with E-state index in [4.69, 9.17) is 0 Å². The van der Waals surface area contributed by atoms with Crippen LogP contribution < -0.4 is 4.90 Å². The second kappa shape index (κ2) is 8.45.